The van der Waals surface area contributed by atoms with Gasteiger partial charge in [0.1, 0.15) is 11.3 Å². The van der Waals surface area contributed by atoms with Crippen molar-refractivity contribution in [1.82, 2.24) is 4.98 Å². The Morgan fingerprint density at radius 2 is 1.86 bits per heavy atom. The van der Waals surface area contributed by atoms with Gasteiger partial charge in [0.25, 0.3) is 5.91 Å². The molecule has 0 aliphatic rings. The van der Waals surface area contributed by atoms with Gasteiger partial charge in [0.05, 0.1) is 6.61 Å². The average molecular weight is 372 g/mol. The maximum absolute atomic E-state index is 12.5. The summed E-state index contributed by atoms with van der Waals surface area (Å²) in [4.78, 5) is 17.0. The minimum absolute atomic E-state index is 0.193. The molecule has 0 unspecified atom stereocenters. The standard InChI is InChI=1S/C23H20N2O3/c1-3-27-18-11-8-16(9-12-18)22(26)24-17-10-13-20-21(14-17)28-23(25-20)19-7-5-4-6-15(19)2/h4-14H,3H2,1-2H3,(H,24,26). The van der Waals surface area contributed by atoms with Crippen LogP contribution in [-0.2, 0) is 0 Å². The van der Waals surface area contributed by atoms with Crippen molar-refractivity contribution in [3.63, 3.8) is 0 Å². The van der Waals surface area contributed by atoms with Crippen LogP contribution in [0.4, 0.5) is 5.69 Å². The van der Waals surface area contributed by atoms with Crippen LogP contribution in [0.5, 0.6) is 5.75 Å². The van der Waals surface area contributed by atoms with Crippen molar-refractivity contribution in [3.8, 4) is 17.2 Å². The number of benzene rings is 3. The van der Waals surface area contributed by atoms with Gasteiger partial charge in [-0.3, -0.25) is 4.79 Å². The van der Waals surface area contributed by atoms with E-state index in [1.165, 1.54) is 0 Å². The molecule has 0 aliphatic heterocycles. The lowest BCUT2D eigenvalue weighted by molar-refractivity contribution is 0.102. The first-order chi connectivity index (χ1) is 13.6. The molecule has 0 aliphatic carbocycles. The molecular weight excluding hydrogens is 352 g/mol. The van der Waals surface area contributed by atoms with Crippen LogP contribution in [-0.4, -0.2) is 17.5 Å². The van der Waals surface area contributed by atoms with E-state index in [1.54, 1.807) is 30.3 Å². The molecule has 0 fully saturated rings. The first-order valence-corrected chi connectivity index (χ1v) is 9.15. The van der Waals surface area contributed by atoms with Gasteiger partial charge in [-0.15, -0.1) is 0 Å². The molecule has 28 heavy (non-hydrogen) atoms. The summed E-state index contributed by atoms with van der Waals surface area (Å²) in [6, 6.07) is 20.4. The molecule has 3 aromatic carbocycles. The Labute approximate surface area is 163 Å². The molecule has 1 aromatic heterocycles. The van der Waals surface area contributed by atoms with E-state index in [9.17, 15) is 4.79 Å². The monoisotopic (exact) mass is 372 g/mol. The highest BCUT2D eigenvalue weighted by Crippen LogP contribution is 2.28. The quantitative estimate of drug-likeness (QED) is 0.506. The van der Waals surface area contributed by atoms with E-state index in [0.29, 0.717) is 29.3 Å². The van der Waals surface area contributed by atoms with Crippen molar-refractivity contribution in [2.75, 3.05) is 11.9 Å². The number of ether oxygens (including phenoxy) is 1. The zero-order valence-corrected chi connectivity index (χ0v) is 15.7. The zero-order valence-electron chi connectivity index (χ0n) is 15.7. The number of oxazole rings is 1. The van der Waals surface area contributed by atoms with Crippen LogP contribution < -0.4 is 10.1 Å². The fourth-order valence-electron chi connectivity index (χ4n) is 3.00. The van der Waals surface area contributed by atoms with Crippen molar-refractivity contribution in [1.29, 1.82) is 0 Å². The Balaban J connectivity index is 1.56. The van der Waals surface area contributed by atoms with Crippen LogP contribution in [0.2, 0.25) is 0 Å². The van der Waals surface area contributed by atoms with E-state index in [4.69, 9.17) is 9.15 Å². The number of amides is 1. The van der Waals surface area contributed by atoms with Gasteiger partial charge in [0.15, 0.2) is 5.58 Å². The van der Waals surface area contributed by atoms with Crippen molar-refractivity contribution in [2.45, 2.75) is 13.8 Å². The number of hydrogen-bond acceptors (Lipinski definition) is 4. The van der Waals surface area contributed by atoms with E-state index in [2.05, 4.69) is 10.3 Å². The Morgan fingerprint density at radius 3 is 2.61 bits per heavy atom. The first kappa shape index (κ1) is 17.8. The molecule has 0 saturated carbocycles. The minimum Gasteiger partial charge on any atom is -0.494 e. The number of rotatable bonds is 5. The maximum atomic E-state index is 12.5. The lowest BCUT2D eigenvalue weighted by atomic mass is 10.1. The Kier molecular flexibility index (Phi) is 4.81. The van der Waals surface area contributed by atoms with Gasteiger partial charge < -0.3 is 14.5 Å². The van der Waals surface area contributed by atoms with Crippen molar-refractivity contribution < 1.29 is 13.9 Å². The predicted octanol–water partition coefficient (Wildman–Crippen LogP) is 5.45. The fraction of sp³-hybridized carbons (Fsp3) is 0.130. The van der Waals surface area contributed by atoms with E-state index in [-0.39, 0.29) is 5.91 Å². The second-order valence-electron chi connectivity index (χ2n) is 6.43. The van der Waals surface area contributed by atoms with E-state index in [0.717, 1.165) is 22.4 Å². The van der Waals surface area contributed by atoms with Crippen LogP contribution in [0.3, 0.4) is 0 Å². The Hall–Kier alpha value is -3.60. The molecule has 140 valence electrons. The normalized spacial score (nSPS) is 10.8. The summed E-state index contributed by atoms with van der Waals surface area (Å²) in [7, 11) is 0. The molecule has 0 radical (unpaired) electrons. The van der Waals surface area contributed by atoms with Crippen LogP contribution in [0.15, 0.2) is 71.1 Å². The molecule has 0 bridgehead atoms. The molecular formula is C23H20N2O3. The molecule has 4 aromatic rings. The SMILES string of the molecule is CCOc1ccc(C(=O)Nc2ccc3nc(-c4ccccc4C)oc3c2)cc1. The molecule has 1 N–H and O–H groups in total. The largest absolute Gasteiger partial charge is 0.494 e. The molecule has 0 spiro atoms. The number of anilines is 1. The molecule has 4 rings (SSSR count). The molecule has 1 amide bonds. The second-order valence-corrected chi connectivity index (χ2v) is 6.43. The lowest BCUT2D eigenvalue weighted by Gasteiger charge is -2.06. The molecule has 0 saturated heterocycles. The summed E-state index contributed by atoms with van der Waals surface area (Å²) < 4.78 is 11.3. The molecule has 5 heteroatoms. The summed E-state index contributed by atoms with van der Waals surface area (Å²) in [5, 5.41) is 2.89. The summed E-state index contributed by atoms with van der Waals surface area (Å²) in [5.41, 5.74) is 4.64. The summed E-state index contributed by atoms with van der Waals surface area (Å²) in [5.74, 6) is 1.12. The van der Waals surface area contributed by atoms with Crippen LogP contribution in [0.25, 0.3) is 22.6 Å². The lowest BCUT2D eigenvalue weighted by Crippen LogP contribution is -2.11. The van der Waals surface area contributed by atoms with Crippen LogP contribution >= 0.6 is 0 Å². The van der Waals surface area contributed by atoms with Gasteiger partial charge >= 0.3 is 0 Å². The topological polar surface area (TPSA) is 64.4 Å². The number of nitrogens with zero attached hydrogens (tertiary/aromatic N) is 1. The summed E-state index contributed by atoms with van der Waals surface area (Å²) in [6.45, 7) is 4.53. The van der Waals surface area contributed by atoms with E-state index in [1.807, 2.05) is 50.2 Å². The van der Waals surface area contributed by atoms with Gasteiger partial charge in [-0.2, -0.15) is 0 Å². The highest BCUT2D eigenvalue weighted by atomic mass is 16.5. The van der Waals surface area contributed by atoms with Crippen LogP contribution in [0.1, 0.15) is 22.8 Å². The van der Waals surface area contributed by atoms with Gasteiger partial charge in [-0.1, -0.05) is 18.2 Å². The number of aromatic nitrogens is 1. The van der Waals surface area contributed by atoms with Crippen LogP contribution in [0, 0.1) is 6.92 Å². The fourth-order valence-corrected chi connectivity index (χ4v) is 3.00. The third-order valence-corrected chi connectivity index (χ3v) is 4.45. The maximum Gasteiger partial charge on any atom is 0.255 e. The summed E-state index contributed by atoms with van der Waals surface area (Å²) in [6.07, 6.45) is 0. The Bertz CT molecular complexity index is 1130. The minimum atomic E-state index is -0.193. The van der Waals surface area contributed by atoms with Gasteiger partial charge in [-0.25, -0.2) is 4.98 Å². The number of fused-ring (bicyclic) bond motifs is 1. The molecule has 5 nitrogen and oxygen atoms in total. The number of aryl methyl sites for hydroxylation is 1. The van der Waals surface area contributed by atoms with Crippen molar-refractivity contribution in [3.05, 3.63) is 77.9 Å². The van der Waals surface area contributed by atoms with Gasteiger partial charge in [0, 0.05) is 22.9 Å². The number of hydrogen-bond donors (Lipinski definition) is 1. The first-order valence-electron chi connectivity index (χ1n) is 9.15. The summed E-state index contributed by atoms with van der Waals surface area (Å²) >= 11 is 0. The smallest absolute Gasteiger partial charge is 0.255 e. The van der Waals surface area contributed by atoms with E-state index < -0.39 is 0 Å². The predicted molar refractivity (Wildman–Crippen MR) is 110 cm³/mol. The third-order valence-electron chi connectivity index (χ3n) is 4.45. The zero-order chi connectivity index (χ0) is 19.5. The highest BCUT2D eigenvalue weighted by molar-refractivity contribution is 6.05. The van der Waals surface area contributed by atoms with Gasteiger partial charge in [0.2, 0.25) is 5.89 Å². The van der Waals surface area contributed by atoms with E-state index >= 15 is 0 Å². The van der Waals surface area contributed by atoms with Crippen molar-refractivity contribution >= 4 is 22.7 Å². The van der Waals surface area contributed by atoms with Crippen molar-refractivity contribution in [2.24, 2.45) is 0 Å². The number of carbonyl (C=O) groups excluding carboxylic acids is 1. The van der Waals surface area contributed by atoms with Gasteiger partial charge in [-0.05, 0) is 61.9 Å². The number of carbonyl (C=O) groups is 1. The highest BCUT2D eigenvalue weighted by Gasteiger charge is 2.12. The Morgan fingerprint density at radius 1 is 1.07 bits per heavy atom. The molecule has 0 atom stereocenters. The average Bonchev–Trinajstić information content (AvgIpc) is 3.12. The second kappa shape index (κ2) is 7.56. The third kappa shape index (κ3) is 3.60. The number of nitrogens with one attached hydrogen (secondary N) is 1. The molecule has 1 heterocycles.